The van der Waals surface area contributed by atoms with Crippen LogP contribution in [0, 0.1) is 6.92 Å². The Balaban J connectivity index is 1.60. The van der Waals surface area contributed by atoms with Gasteiger partial charge in [-0.15, -0.1) is 11.3 Å². The van der Waals surface area contributed by atoms with Crippen LogP contribution in [-0.4, -0.2) is 37.6 Å². The van der Waals surface area contributed by atoms with Crippen molar-refractivity contribution in [2.24, 2.45) is 0 Å². The highest BCUT2D eigenvalue weighted by atomic mass is 32.2. The number of aliphatic hydroxyl groups excluding tert-OH is 1. The van der Waals surface area contributed by atoms with Gasteiger partial charge < -0.3 is 14.9 Å². The van der Waals surface area contributed by atoms with Crippen molar-refractivity contribution >= 4 is 33.0 Å². The topological polar surface area (TPSA) is 116 Å². The van der Waals surface area contributed by atoms with Gasteiger partial charge in [0, 0.05) is 16.2 Å². The molecular weight excluding hydrogens is 464 g/mol. The van der Waals surface area contributed by atoms with Gasteiger partial charge in [0.05, 0.1) is 30.2 Å². The molecule has 1 aromatic heterocycles. The van der Waals surface area contributed by atoms with Crippen LogP contribution < -0.4 is 9.84 Å². The van der Waals surface area contributed by atoms with E-state index in [-0.39, 0.29) is 18.9 Å². The first-order chi connectivity index (χ1) is 15.6. The Morgan fingerprint density at radius 2 is 1.88 bits per heavy atom. The van der Waals surface area contributed by atoms with Crippen LogP contribution in [0.15, 0.2) is 60.7 Å². The molecule has 0 fully saturated rings. The zero-order valence-corrected chi connectivity index (χ0v) is 19.9. The fourth-order valence-corrected chi connectivity index (χ4v) is 4.92. The highest BCUT2D eigenvalue weighted by molar-refractivity contribution is 7.92. The number of nitrogens with zero attached hydrogens (tertiary/aromatic N) is 1. The van der Waals surface area contributed by atoms with Crippen LogP contribution in [0.4, 0.5) is 5.69 Å². The van der Waals surface area contributed by atoms with Crippen LogP contribution in [0.1, 0.15) is 37.3 Å². The number of carboxylic acids is 1. The minimum absolute atomic E-state index is 0.110. The average molecular weight is 491 g/mol. The van der Waals surface area contributed by atoms with Crippen molar-refractivity contribution in [3.05, 3.63) is 87.1 Å². The van der Waals surface area contributed by atoms with Crippen molar-refractivity contribution in [1.82, 2.24) is 5.43 Å². The maximum Gasteiger partial charge on any atom is 0.335 e. The SMILES string of the molecule is Cc1ccc(CC(O)c2ccc(N(NCOCc3cccc(C(=O)O)c3)S(C)(=O)=O)cc2)s1. The van der Waals surface area contributed by atoms with E-state index in [1.165, 1.54) is 17.0 Å². The normalized spacial score (nSPS) is 12.5. The number of aliphatic hydroxyl groups is 1. The molecule has 1 atom stereocenters. The summed E-state index contributed by atoms with van der Waals surface area (Å²) in [6.45, 7) is 2.00. The zero-order chi connectivity index (χ0) is 24.0. The third-order valence-corrected chi connectivity index (χ3v) is 6.81. The molecule has 33 heavy (non-hydrogen) atoms. The molecule has 2 aromatic carbocycles. The maximum atomic E-state index is 12.3. The highest BCUT2D eigenvalue weighted by Crippen LogP contribution is 2.25. The number of hydrogen-bond acceptors (Lipinski definition) is 7. The molecule has 3 rings (SSSR count). The van der Waals surface area contributed by atoms with Crippen molar-refractivity contribution in [1.29, 1.82) is 0 Å². The summed E-state index contributed by atoms with van der Waals surface area (Å²) < 4.78 is 31.0. The maximum absolute atomic E-state index is 12.3. The summed E-state index contributed by atoms with van der Waals surface area (Å²) in [5.41, 5.74) is 4.59. The van der Waals surface area contributed by atoms with Gasteiger partial charge in [-0.1, -0.05) is 24.3 Å². The Morgan fingerprint density at radius 3 is 2.48 bits per heavy atom. The molecule has 176 valence electrons. The highest BCUT2D eigenvalue weighted by Gasteiger charge is 2.18. The van der Waals surface area contributed by atoms with Crippen LogP contribution in [0.2, 0.25) is 0 Å². The smallest absolute Gasteiger partial charge is 0.335 e. The number of nitrogens with one attached hydrogen (secondary N) is 1. The lowest BCUT2D eigenvalue weighted by atomic mass is 10.1. The van der Waals surface area contributed by atoms with Crippen molar-refractivity contribution in [3.8, 4) is 0 Å². The lowest BCUT2D eigenvalue weighted by Gasteiger charge is -2.23. The number of aryl methyl sites for hydroxylation is 1. The molecule has 0 spiro atoms. The largest absolute Gasteiger partial charge is 0.478 e. The summed E-state index contributed by atoms with van der Waals surface area (Å²) in [5, 5.41) is 19.6. The second-order valence-electron chi connectivity index (χ2n) is 7.51. The molecule has 0 bridgehead atoms. The van der Waals surface area contributed by atoms with Gasteiger partial charge in [-0.3, -0.25) is 0 Å². The van der Waals surface area contributed by atoms with E-state index >= 15 is 0 Å². The number of ether oxygens (including phenoxy) is 1. The number of sulfonamides is 1. The number of hydrazine groups is 1. The lowest BCUT2D eigenvalue weighted by Crippen LogP contribution is -2.43. The number of thiophene rings is 1. The molecule has 1 heterocycles. The van der Waals surface area contributed by atoms with E-state index < -0.39 is 22.1 Å². The third-order valence-electron chi connectivity index (χ3n) is 4.79. The quantitative estimate of drug-likeness (QED) is 0.214. The number of carboxylic acid groups (broad SMARTS) is 1. The molecule has 10 heteroatoms. The minimum Gasteiger partial charge on any atom is -0.478 e. The van der Waals surface area contributed by atoms with Crippen LogP contribution >= 0.6 is 11.3 Å². The Morgan fingerprint density at radius 1 is 1.15 bits per heavy atom. The minimum atomic E-state index is -3.66. The molecule has 0 amide bonds. The molecule has 0 aliphatic rings. The monoisotopic (exact) mass is 490 g/mol. The zero-order valence-electron chi connectivity index (χ0n) is 18.3. The number of anilines is 1. The van der Waals surface area contributed by atoms with Crippen molar-refractivity contribution in [2.45, 2.75) is 26.1 Å². The summed E-state index contributed by atoms with van der Waals surface area (Å²) in [6.07, 6.45) is 0.864. The van der Waals surface area contributed by atoms with Crippen LogP contribution in [0.3, 0.4) is 0 Å². The van der Waals surface area contributed by atoms with E-state index in [1.54, 1.807) is 47.7 Å². The fourth-order valence-electron chi connectivity index (χ4n) is 3.20. The molecule has 0 aliphatic carbocycles. The number of carbonyl (C=O) groups is 1. The second-order valence-corrected chi connectivity index (χ2v) is 10.7. The third kappa shape index (κ3) is 7.11. The summed E-state index contributed by atoms with van der Waals surface area (Å²) in [4.78, 5) is 13.3. The number of benzene rings is 2. The summed E-state index contributed by atoms with van der Waals surface area (Å²) >= 11 is 1.63. The Kier molecular flexibility index (Phi) is 8.22. The fraction of sp³-hybridized carbons (Fsp3) is 0.261. The van der Waals surface area contributed by atoms with E-state index in [0.29, 0.717) is 23.2 Å². The molecular formula is C23H26N2O6S2. The van der Waals surface area contributed by atoms with Crippen molar-refractivity contribution < 1.29 is 28.2 Å². The predicted molar refractivity (Wildman–Crippen MR) is 128 cm³/mol. The van der Waals surface area contributed by atoms with Gasteiger partial charge in [0.25, 0.3) is 0 Å². The first-order valence-corrected chi connectivity index (χ1v) is 12.8. The molecule has 3 aromatic rings. The predicted octanol–water partition coefficient (Wildman–Crippen LogP) is 3.48. The number of rotatable bonds is 11. The van der Waals surface area contributed by atoms with Crippen LogP contribution in [-0.2, 0) is 27.8 Å². The summed E-state index contributed by atoms with van der Waals surface area (Å²) in [6, 6.07) is 16.9. The molecule has 8 nitrogen and oxygen atoms in total. The molecule has 3 N–H and O–H groups in total. The number of aromatic carboxylic acids is 1. The molecule has 0 saturated carbocycles. The van der Waals surface area contributed by atoms with Gasteiger partial charge in [0.15, 0.2) is 0 Å². The van der Waals surface area contributed by atoms with Gasteiger partial charge in [0.1, 0.15) is 6.73 Å². The second kappa shape index (κ2) is 10.9. The van der Waals surface area contributed by atoms with E-state index in [4.69, 9.17) is 9.84 Å². The van der Waals surface area contributed by atoms with Crippen LogP contribution in [0.25, 0.3) is 0 Å². The Bertz CT molecular complexity index is 1190. The van der Waals surface area contributed by atoms with Gasteiger partial charge in [-0.25, -0.2) is 17.6 Å². The van der Waals surface area contributed by atoms with Gasteiger partial charge in [0.2, 0.25) is 10.0 Å². The Hall–Kier alpha value is -2.76. The number of hydrogen-bond donors (Lipinski definition) is 3. The average Bonchev–Trinajstić information content (AvgIpc) is 3.17. The van der Waals surface area contributed by atoms with Crippen LogP contribution in [0.5, 0.6) is 0 Å². The molecule has 0 aliphatic heterocycles. The van der Waals surface area contributed by atoms with E-state index in [2.05, 4.69) is 5.43 Å². The van der Waals surface area contributed by atoms with E-state index in [1.807, 2.05) is 19.1 Å². The van der Waals surface area contributed by atoms with Gasteiger partial charge in [-0.2, -0.15) is 5.43 Å². The van der Waals surface area contributed by atoms with E-state index in [9.17, 15) is 18.3 Å². The molecule has 0 radical (unpaired) electrons. The van der Waals surface area contributed by atoms with Gasteiger partial charge in [-0.05, 0) is 54.4 Å². The van der Waals surface area contributed by atoms with Crippen molar-refractivity contribution in [2.75, 3.05) is 17.4 Å². The van der Waals surface area contributed by atoms with E-state index in [0.717, 1.165) is 15.5 Å². The first-order valence-electron chi connectivity index (χ1n) is 10.1. The lowest BCUT2D eigenvalue weighted by molar-refractivity contribution is 0.0696. The first kappa shape index (κ1) is 24.9. The Labute approximate surface area is 197 Å². The molecule has 1 unspecified atom stereocenters. The molecule has 0 saturated heterocycles. The summed E-state index contributed by atoms with van der Waals surface area (Å²) in [7, 11) is -3.66. The standard InChI is InChI=1S/C23H26N2O6S2/c1-16-6-11-21(32-16)13-22(26)18-7-9-20(10-8-18)25(33(2,29)30)24-15-31-14-17-4-3-5-19(12-17)23(27)28/h3-12,22,24,26H,13-15H2,1-2H3,(H,27,28). The van der Waals surface area contributed by atoms with Crippen molar-refractivity contribution in [3.63, 3.8) is 0 Å². The summed E-state index contributed by atoms with van der Waals surface area (Å²) in [5.74, 6) is -1.03. The van der Waals surface area contributed by atoms with Gasteiger partial charge >= 0.3 is 5.97 Å².